The molecule has 3 heteroatoms. The summed E-state index contributed by atoms with van der Waals surface area (Å²) in [4.78, 5) is 0. The maximum Gasteiger partial charge on any atom is 0.133 e. The summed E-state index contributed by atoms with van der Waals surface area (Å²) in [5.41, 5.74) is 1.58. The molecule has 0 unspecified atom stereocenters. The van der Waals surface area contributed by atoms with Crippen LogP contribution in [0.5, 0.6) is 5.75 Å². The number of halogens is 1. The normalized spacial score (nSPS) is 19.9. The molecule has 1 saturated heterocycles. The number of nitrogens with one attached hydrogen (secondary N) is 1. The van der Waals surface area contributed by atoms with Crippen LogP contribution in [0.2, 0.25) is 0 Å². The zero-order chi connectivity index (χ0) is 14.6. The van der Waals surface area contributed by atoms with Crippen LogP contribution in [0.25, 0.3) is 0 Å². The third-order valence-corrected chi connectivity index (χ3v) is 5.09. The molecule has 0 bridgehead atoms. The van der Waals surface area contributed by atoms with E-state index in [2.05, 4.69) is 60.2 Å². The topological polar surface area (TPSA) is 21.3 Å². The van der Waals surface area contributed by atoms with Crippen molar-refractivity contribution in [3.05, 3.63) is 28.2 Å². The molecule has 0 aliphatic carbocycles. The monoisotopic (exact) mass is 339 g/mol. The van der Waals surface area contributed by atoms with Gasteiger partial charge in [-0.25, -0.2) is 0 Å². The van der Waals surface area contributed by atoms with Gasteiger partial charge in [0.05, 0.1) is 11.1 Å². The third kappa shape index (κ3) is 3.98. The van der Waals surface area contributed by atoms with Gasteiger partial charge in [0.2, 0.25) is 0 Å². The van der Waals surface area contributed by atoms with E-state index >= 15 is 0 Å². The molecule has 2 rings (SSSR count). The largest absolute Gasteiger partial charge is 0.492 e. The average Bonchev–Trinajstić information content (AvgIpc) is 2.47. The molecule has 1 heterocycles. The summed E-state index contributed by atoms with van der Waals surface area (Å²) in [6.45, 7) is 9.84. The third-order valence-electron chi connectivity index (χ3n) is 4.47. The minimum absolute atomic E-state index is 0.217. The second-order valence-electron chi connectivity index (χ2n) is 6.41. The molecular formula is C17H26BrNO. The highest BCUT2D eigenvalue weighted by atomic mass is 79.9. The summed E-state index contributed by atoms with van der Waals surface area (Å²) < 4.78 is 7.06. The van der Waals surface area contributed by atoms with Crippen LogP contribution in [0.3, 0.4) is 0 Å². The van der Waals surface area contributed by atoms with E-state index in [0.717, 1.165) is 36.3 Å². The number of rotatable bonds is 5. The summed E-state index contributed by atoms with van der Waals surface area (Å²) >= 11 is 3.65. The quantitative estimate of drug-likeness (QED) is 0.851. The molecule has 2 nitrogen and oxygen atoms in total. The predicted octanol–water partition coefficient (Wildman–Crippen LogP) is 4.52. The van der Waals surface area contributed by atoms with Crippen molar-refractivity contribution in [1.82, 2.24) is 5.32 Å². The molecule has 0 radical (unpaired) electrons. The van der Waals surface area contributed by atoms with Crippen LogP contribution < -0.4 is 10.1 Å². The van der Waals surface area contributed by atoms with Crippen molar-refractivity contribution in [2.24, 2.45) is 5.92 Å². The van der Waals surface area contributed by atoms with Crippen LogP contribution >= 0.6 is 15.9 Å². The van der Waals surface area contributed by atoms with Gasteiger partial charge in [-0.2, -0.15) is 0 Å². The first-order valence-electron chi connectivity index (χ1n) is 7.66. The fourth-order valence-electron chi connectivity index (χ4n) is 2.52. The highest BCUT2D eigenvalue weighted by molar-refractivity contribution is 9.10. The van der Waals surface area contributed by atoms with Gasteiger partial charge in [-0.05, 0) is 64.8 Å². The standard InChI is InChI=1S/C17H26BrNO/c1-4-17(2,3)14-7-8-16(15(18)10-14)20-12-13-6-5-9-19-11-13/h7-8,10,13,19H,4-6,9,11-12H2,1-3H3/t13-/m0/s1. The fraction of sp³-hybridized carbons (Fsp3) is 0.647. The fourth-order valence-corrected chi connectivity index (χ4v) is 3.01. The lowest BCUT2D eigenvalue weighted by atomic mass is 9.82. The Morgan fingerprint density at radius 1 is 1.40 bits per heavy atom. The van der Waals surface area contributed by atoms with Crippen LogP contribution in [-0.2, 0) is 5.41 Å². The molecule has 1 aliphatic rings. The van der Waals surface area contributed by atoms with E-state index in [4.69, 9.17) is 4.74 Å². The van der Waals surface area contributed by atoms with Crippen LogP contribution in [0.4, 0.5) is 0 Å². The van der Waals surface area contributed by atoms with E-state index in [1.807, 2.05) is 0 Å². The van der Waals surface area contributed by atoms with Crippen molar-refractivity contribution < 1.29 is 4.74 Å². The Kier molecular flexibility index (Phi) is 5.50. The minimum atomic E-state index is 0.217. The van der Waals surface area contributed by atoms with E-state index < -0.39 is 0 Å². The first kappa shape index (κ1) is 15.8. The Labute approximate surface area is 131 Å². The van der Waals surface area contributed by atoms with Gasteiger partial charge in [0.1, 0.15) is 5.75 Å². The van der Waals surface area contributed by atoms with Gasteiger partial charge in [-0.3, -0.25) is 0 Å². The molecule has 0 spiro atoms. The molecule has 1 aromatic rings. The lowest BCUT2D eigenvalue weighted by Gasteiger charge is -2.25. The van der Waals surface area contributed by atoms with Crippen molar-refractivity contribution >= 4 is 15.9 Å². The van der Waals surface area contributed by atoms with Crippen LogP contribution in [0.1, 0.15) is 45.6 Å². The Morgan fingerprint density at radius 2 is 2.20 bits per heavy atom. The molecule has 0 aromatic heterocycles. The van der Waals surface area contributed by atoms with Gasteiger partial charge in [0, 0.05) is 12.5 Å². The molecule has 0 saturated carbocycles. The SMILES string of the molecule is CCC(C)(C)c1ccc(OC[C@H]2CCCNC2)c(Br)c1. The zero-order valence-corrected chi connectivity index (χ0v) is 14.4. The summed E-state index contributed by atoms with van der Waals surface area (Å²) in [6.07, 6.45) is 3.66. The van der Waals surface area contributed by atoms with Gasteiger partial charge in [0.25, 0.3) is 0 Å². The Balaban J connectivity index is 1.99. The molecule has 1 aromatic carbocycles. The first-order valence-corrected chi connectivity index (χ1v) is 8.46. The summed E-state index contributed by atoms with van der Waals surface area (Å²) in [5.74, 6) is 1.61. The van der Waals surface area contributed by atoms with Crippen LogP contribution in [0.15, 0.2) is 22.7 Å². The molecule has 1 fully saturated rings. The molecule has 112 valence electrons. The zero-order valence-electron chi connectivity index (χ0n) is 12.8. The van der Waals surface area contributed by atoms with Crippen molar-refractivity contribution in [2.45, 2.75) is 45.4 Å². The lowest BCUT2D eigenvalue weighted by Crippen LogP contribution is -2.33. The highest BCUT2D eigenvalue weighted by Crippen LogP contribution is 2.33. The van der Waals surface area contributed by atoms with Crippen molar-refractivity contribution in [3.63, 3.8) is 0 Å². The number of hydrogen-bond donors (Lipinski definition) is 1. The van der Waals surface area contributed by atoms with E-state index in [0.29, 0.717) is 5.92 Å². The maximum absolute atomic E-state index is 5.99. The van der Waals surface area contributed by atoms with Gasteiger partial charge in [-0.15, -0.1) is 0 Å². The minimum Gasteiger partial charge on any atom is -0.492 e. The van der Waals surface area contributed by atoms with Crippen molar-refractivity contribution in [3.8, 4) is 5.75 Å². The van der Waals surface area contributed by atoms with E-state index in [1.165, 1.54) is 18.4 Å². The van der Waals surface area contributed by atoms with Crippen LogP contribution in [-0.4, -0.2) is 19.7 Å². The highest BCUT2D eigenvalue weighted by Gasteiger charge is 2.19. The molecular weight excluding hydrogens is 314 g/mol. The van der Waals surface area contributed by atoms with Crippen LogP contribution in [0, 0.1) is 5.92 Å². The Morgan fingerprint density at radius 3 is 2.80 bits per heavy atom. The molecule has 1 N–H and O–H groups in total. The number of hydrogen-bond acceptors (Lipinski definition) is 2. The van der Waals surface area contributed by atoms with Gasteiger partial charge in [0.15, 0.2) is 0 Å². The Hall–Kier alpha value is -0.540. The number of benzene rings is 1. The smallest absolute Gasteiger partial charge is 0.133 e. The van der Waals surface area contributed by atoms with E-state index in [9.17, 15) is 0 Å². The lowest BCUT2D eigenvalue weighted by molar-refractivity contribution is 0.217. The summed E-state index contributed by atoms with van der Waals surface area (Å²) in [5, 5.41) is 3.43. The predicted molar refractivity (Wildman–Crippen MR) is 88.5 cm³/mol. The molecule has 1 atom stereocenters. The van der Waals surface area contributed by atoms with E-state index in [-0.39, 0.29) is 5.41 Å². The maximum atomic E-state index is 5.99. The molecule has 1 aliphatic heterocycles. The number of piperidine rings is 1. The number of ether oxygens (including phenoxy) is 1. The van der Waals surface area contributed by atoms with Gasteiger partial charge < -0.3 is 10.1 Å². The Bertz CT molecular complexity index is 439. The second-order valence-corrected chi connectivity index (χ2v) is 7.26. The molecule has 0 amide bonds. The first-order chi connectivity index (χ1) is 9.53. The molecule has 20 heavy (non-hydrogen) atoms. The average molecular weight is 340 g/mol. The van der Waals surface area contributed by atoms with Gasteiger partial charge in [-0.1, -0.05) is 26.8 Å². The summed E-state index contributed by atoms with van der Waals surface area (Å²) in [7, 11) is 0. The second kappa shape index (κ2) is 6.95. The van der Waals surface area contributed by atoms with Crippen molar-refractivity contribution in [2.75, 3.05) is 19.7 Å². The summed E-state index contributed by atoms with van der Waals surface area (Å²) in [6, 6.07) is 6.51. The van der Waals surface area contributed by atoms with Gasteiger partial charge >= 0.3 is 0 Å². The van der Waals surface area contributed by atoms with Crippen molar-refractivity contribution in [1.29, 1.82) is 0 Å². The van der Waals surface area contributed by atoms with E-state index in [1.54, 1.807) is 0 Å².